The van der Waals surface area contributed by atoms with E-state index < -0.39 is 5.97 Å². The average Bonchev–Trinajstić information content (AvgIpc) is 2.26. The summed E-state index contributed by atoms with van der Waals surface area (Å²) in [7, 11) is 0. The molecule has 0 heterocycles. The quantitative estimate of drug-likeness (QED) is 0.775. The normalized spacial score (nSPS) is 10.4. The van der Waals surface area contributed by atoms with Gasteiger partial charge >= 0.3 is 5.97 Å². The zero-order chi connectivity index (χ0) is 12.0. The lowest BCUT2D eigenvalue weighted by Gasteiger charge is -2.04. The van der Waals surface area contributed by atoms with Gasteiger partial charge in [-0.05, 0) is 35.9 Å². The summed E-state index contributed by atoms with van der Waals surface area (Å²) in [5.41, 5.74) is 0.619. The van der Waals surface area contributed by atoms with Crippen LogP contribution in [0.5, 0.6) is 0 Å². The molecule has 0 amide bonds. The van der Waals surface area contributed by atoms with Crippen LogP contribution in [0.25, 0.3) is 0 Å². The van der Waals surface area contributed by atoms with Crippen LogP contribution in [0.1, 0.15) is 35.7 Å². The summed E-state index contributed by atoms with van der Waals surface area (Å²) in [5.74, 6) is 0.175. The van der Waals surface area contributed by atoms with Gasteiger partial charge in [0, 0.05) is 5.75 Å². The Bertz CT molecular complexity index is 366. The van der Waals surface area contributed by atoms with E-state index in [1.807, 2.05) is 0 Å². The lowest BCUT2D eigenvalue weighted by atomic mass is 10.1. The molecule has 0 aliphatic rings. The van der Waals surface area contributed by atoms with Crippen molar-refractivity contribution in [1.29, 1.82) is 0 Å². The van der Waals surface area contributed by atoms with Crippen molar-refractivity contribution >= 4 is 17.7 Å². The van der Waals surface area contributed by atoms with Gasteiger partial charge < -0.3 is 5.11 Å². The van der Waals surface area contributed by atoms with E-state index in [2.05, 4.69) is 6.92 Å². The number of halogens is 1. The van der Waals surface area contributed by atoms with Gasteiger partial charge in [-0.3, -0.25) is 0 Å². The molecule has 0 aromatic heterocycles. The van der Waals surface area contributed by atoms with Crippen molar-refractivity contribution in [2.75, 3.05) is 5.75 Å². The molecule has 0 aliphatic carbocycles. The predicted octanol–water partition coefficient (Wildman–Crippen LogP) is 3.56. The van der Waals surface area contributed by atoms with Crippen LogP contribution in [-0.2, 0) is 5.75 Å². The summed E-state index contributed by atoms with van der Waals surface area (Å²) < 4.78 is 13.3. The summed E-state index contributed by atoms with van der Waals surface area (Å²) >= 11 is 1.63. The fraction of sp³-hybridized carbons (Fsp3) is 0.417. The minimum atomic E-state index is -1.01. The van der Waals surface area contributed by atoms with E-state index in [4.69, 9.17) is 5.11 Å². The number of carboxylic acid groups (broad SMARTS) is 1. The number of carbonyl (C=O) groups is 1. The number of rotatable bonds is 6. The summed E-state index contributed by atoms with van der Waals surface area (Å²) in [4.78, 5) is 10.7. The Kier molecular flexibility index (Phi) is 5.32. The smallest absolute Gasteiger partial charge is 0.335 e. The largest absolute Gasteiger partial charge is 0.478 e. The average molecular weight is 242 g/mol. The van der Waals surface area contributed by atoms with E-state index in [1.54, 1.807) is 11.8 Å². The van der Waals surface area contributed by atoms with Crippen molar-refractivity contribution in [3.63, 3.8) is 0 Å². The zero-order valence-electron chi connectivity index (χ0n) is 9.20. The third-order valence-corrected chi connectivity index (χ3v) is 3.28. The minimum Gasteiger partial charge on any atom is -0.478 e. The highest BCUT2D eigenvalue weighted by molar-refractivity contribution is 7.98. The third kappa shape index (κ3) is 3.85. The fourth-order valence-corrected chi connectivity index (χ4v) is 2.33. The van der Waals surface area contributed by atoms with E-state index in [-0.39, 0.29) is 11.4 Å². The molecule has 0 aliphatic heterocycles. The first kappa shape index (κ1) is 13.0. The Labute approximate surface area is 98.9 Å². The van der Waals surface area contributed by atoms with E-state index >= 15 is 0 Å². The van der Waals surface area contributed by atoms with E-state index in [1.165, 1.54) is 18.2 Å². The van der Waals surface area contributed by atoms with Gasteiger partial charge in [-0.15, -0.1) is 0 Å². The number of benzene rings is 1. The second-order valence-corrected chi connectivity index (χ2v) is 4.62. The zero-order valence-corrected chi connectivity index (χ0v) is 10.0. The Balaban J connectivity index is 2.63. The Morgan fingerprint density at radius 3 is 2.88 bits per heavy atom. The van der Waals surface area contributed by atoms with Gasteiger partial charge in [0.1, 0.15) is 5.82 Å². The third-order valence-electron chi connectivity index (χ3n) is 2.19. The SMILES string of the molecule is CCCCSCc1cc(C(=O)O)ccc1F. The number of hydrogen-bond acceptors (Lipinski definition) is 2. The van der Waals surface area contributed by atoms with Crippen molar-refractivity contribution in [2.45, 2.75) is 25.5 Å². The van der Waals surface area contributed by atoms with Gasteiger partial charge in [0.2, 0.25) is 0 Å². The van der Waals surface area contributed by atoms with Gasteiger partial charge in [0.25, 0.3) is 0 Å². The first-order valence-corrected chi connectivity index (χ1v) is 6.40. The van der Waals surface area contributed by atoms with Crippen molar-refractivity contribution in [3.8, 4) is 0 Å². The molecule has 1 N–H and O–H groups in total. The maximum Gasteiger partial charge on any atom is 0.335 e. The van der Waals surface area contributed by atoms with Crippen LogP contribution >= 0.6 is 11.8 Å². The standard InChI is InChI=1S/C12H15FO2S/c1-2-3-6-16-8-10-7-9(12(14)15)4-5-11(10)13/h4-5,7H,2-3,6,8H2,1H3,(H,14,15). The highest BCUT2D eigenvalue weighted by Crippen LogP contribution is 2.18. The molecular weight excluding hydrogens is 227 g/mol. The van der Waals surface area contributed by atoms with Gasteiger partial charge in [-0.2, -0.15) is 11.8 Å². The van der Waals surface area contributed by atoms with E-state index in [9.17, 15) is 9.18 Å². The van der Waals surface area contributed by atoms with E-state index in [0.29, 0.717) is 11.3 Å². The minimum absolute atomic E-state index is 0.146. The molecular formula is C12H15FO2S. The molecule has 0 unspecified atom stereocenters. The summed E-state index contributed by atoms with van der Waals surface area (Å²) in [5, 5.41) is 8.78. The van der Waals surface area contributed by atoms with Gasteiger partial charge in [0.15, 0.2) is 0 Å². The van der Waals surface area contributed by atoms with Crippen molar-refractivity contribution in [2.24, 2.45) is 0 Å². The Morgan fingerprint density at radius 2 is 2.25 bits per heavy atom. The van der Waals surface area contributed by atoms with Crippen LogP contribution in [0, 0.1) is 5.82 Å². The van der Waals surface area contributed by atoms with Gasteiger partial charge in [0.05, 0.1) is 5.56 Å². The molecule has 0 bridgehead atoms. The Morgan fingerprint density at radius 1 is 1.50 bits per heavy atom. The van der Waals surface area contributed by atoms with Crippen LogP contribution in [0.15, 0.2) is 18.2 Å². The maximum absolute atomic E-state index is 13.3. The number of hydrogen-bond donors (Lipinski definition) is 1. The number of aromatic carboxylic acids is 1. The maximum atomic E-state index is 13.3. The Hall–Kier alpha value is -1.03. The first-order valence-electron chi connectivity index (χ1n) is 5.24. The number of thioether (sulfide) groups is 1. The lowest BCUT2D eigenvalue weighted by molar-refractivity contribution is 0.0696. The monoisotopic (exact) mass is 242 g/mol. The molecule has 0 atom stereocenters. The van der Waals surface area contributed by atoms with Crippen molar-refractivity contribution in [3.05, 3.63) is 35.1 Å². The molecule has 1 rings (SSSR count). The molecule has 0 spiro atoms. The van der Waals surface area contributed by atoms with Gasteiger partial charge in [-0.25, -0.2) is 9.18 Å². The summed E-state index contributed by atoms with van der Waals surface area (Å²) in [6.07, 6.45) is 2.22. The molecule has 2 nitrogen and oxygen atoms in total. The molecule has 0 fully saturated rings. The summed E-state index contributed by atoms with van der Waals surface area (Å²) in [6, 6.07) is 3.92. The summed E-state index contributed by atoms with van der Waals surface area (Å²) in [6.45, 7) is 2.10. The molecule has 88 valence electrons. The number of unbranched alkanes of at least 4 members (excludes halogenated alkanes) is 1. The van der Waals surface area contributed by atoms with E-state index in [0.717, 1.165) is 18.6 Å². The topological polar surface area (TPSA) is 37.3 Å². The van der Waals surface area contributed by atoms with Crippen LogP contribution in [-0.4, -0.2) is 16.8 Å². The van der Waals surface area contributed by atoms with Crippen molar-refractivity contribution in [1.82, 2.24) is 0 Å². The van der Waals surface area contributed by atoms with Crippen LogP contribution < -0.4 is 0 Å². The molecule has 1 aromatic carbocycles. The predicted molar refractivity (Wildman–Crippen MR) is 64.4 cm³/mol. The van der Waals surface area contributed by atoms with Gasteiger partial charge in [-0.1, -0.05) is 13.3 Å². The highest BCUT2D eigenvalue weighted by atomic mass is 32.2. The molecule has 0 saturated carbocycles. The molecule has 4 heteroatoms. The highest BCUT2D eigenvalue weighted by Gasteiger charge is 2.08. The molecule has 1 aromatic rings. The van der Waals surface area contributed by atoms with Crippen molar-refractivity contribution < 1.29 is 14.3 Å². The van der Waals surface area contributed by atoms with Crippen LogP contribution in [0.2, 0.25) is 0 Å². The fourth-order valence-electron chi connectivity index (χ4n) is 1.25. The molecule has 16 heavy (non-hydrogen) atoms. The molecule has 0 radical (unpaired) electrons. The second-order valence-electron chi connectivity index (χ2n) is 3.52. The van der Waals surface area contributed by atoms with Crippen LogP contribution in [0.3, 0.4) is 0 Å². The first-order chi connectivity index (χ1) is 7.65. The van der Waals surface area contributed by atoms with Crippen LogP contribution in [0.4, 0.5) is 4.39 Å². The lowest BCUT2D eigenvalue weighted by Crippen LogP contribution is -1.99. The molecule has 0 saturated heterocycles. The second kappa shape index (κ2) is 6.53. The number of carboxylic acids is 1.